The van der Waals surface area contributed by atoms with Gasteiger partial charge in [0.2, 0.25) is 0 Å². The number of benzene rings is 1. The summed E-state index contributed by atoms with van der Waals surface area (Å²) < 4.78 is 11.1. The summed E-state index contributed by atoms with van der Waals surface area (Å²) in [7, 11) is 0. The first kappa shape index (κ1) is 17.7. The zero-order valence-electron chi connectivity index (χ0n) is 14.7. The zero-order valence-corrected chi connectivity index (χ0v) is 14.7. The smallest absolute Gasteiger partial charge is 0.119 e. The number of likely N-dealkylation sites (tertiary alicyclic amines) is 1. The molecule has 5 heteroatoms. The van der Waals surface area contributed by atoms with Crippen molar-refractivity contribution in [1.29, 1.82) is 0 Å². The van der Waals surface area contributed by atoms with E-state index < -0.39 is 6.10 Å². The summed E-state index contributed by atoms with van der Waals surface area (Å²) in [5, 5.41) is 10.2. The van der Waals surface area contributed by atoms with Crippen molar-refractivity contribution in [2.75, 3.05) is 52.5 Å². The first-order chi connectivity index (χ1) is 11.7. The number of piperidine rings is 1. The van der Waals surface area contributed by atoms with Gasteiger partial charge in [0.1, 0.15) is 18.5 Å². The Balaban J connectivity index is 1.35. The molecule has 24 heavy (non-hydrogen) atoms. The van der Waals surface area contributed by atoms with Crippen LogP contribution in [-0.2, 0) is 4.74 Å². The quantitative estimate of drug-likeness (QED) is 0.855. The predicted octanol–water partition coefficient (Wildman–Crippen LogP) is 1.53. The summed E-state index contributed by atoms with van der Waals surface area (Å²) in [6.07, 6.45) is 1.93. The molecule has 1 atom stereocenters. The second-order valence-corrected chi connectivity index (χ2v) is 6.96. The summed E-state index contributed by atoms with van der Waals surface area (Å²) >= 11 is 0. The van der Waals surface area contributed by atoms with Crippen molar-refractivity contribution in [3.05, 3.63) is 29.8 Å². The molecule has 0 amide bonds. The summed E-state index contributed by atoms with van der Waals surface area (Å²) in [5.41, 5.74) is 1.21. The van der Waals surface area contributed by atoms with E-state index in [1.165, 1.54) is 18.4 Å². The van der Waals surface area contributed by atoms with Crippen LogP contribution in [0.3, 0.4) is 0 Å². The monoisotopic (exact) mass is 334 g/mol. The molecule has 1 aromatic rings. The molecule has 0 unspecified atom stereocenters. The normalized spacial score (nSPS) is 22.4. The van der Waals surface area contributed by atoms with Crippen LogP contribution in [0.25, 0.3) is 0 Å². The van der Waals surface area contributed by atoms with Crippen molar-refractivity contribution in [2.45, 2.75) is 31.9 Å². The second-order valence-electron chi connectivity index (χ2n) is 6.96. The number of ether oxygens (including phenoxy) is 2. The topological polar surface area (TPSA) is 45.2 Å². The molecule has 3 rings (SSSR count). The largest absolute Gasteiger partial charge is 0.491 e. The lowest BCUT2D eigenvalue weighted by Crippen LogP contribution is -2.50. The average Bonchev–Trinajstić information content (AvgIpc) is 2.63. The zero-order chi connectivity index (χ0) is 16.8. The standard InChI is InChI=1S/C19H30N2O3/c1-16-2-4-19(5-3-16)24-15-18(22)14-20-8-6-17(7-9-20)21-10-12-23-13-11-21/h2-5,17-18,22H,6-15H2,1H3/t18-/m0/s1. The SMILES string of the molecule is Cc1ccc(OC[C@@H](O)CN2CCC(N3CCOCC3)CC2)cc1. The van der Waals surface area contributed by atoms with Crippen LogP contribution in [0.2, 0.25) is 0 Å². The van der Waals surface area contributed by atoms with Gasteiger partial charge in [0.25, 0.3) is 0 Å². The maximum absolute atomic E-state index is 10.2. The van der Waals surface area contributed by atoms with E-state index in [0.29, 0.717) is 19.2 Å². The summed E-state index contributed by atoms with van der Waals surface area (Å²) in [6.45, 7) is 9.10. The van der Waals surface area contributed by atoms with Crippen molar-refractivity contribution < 1.29 is 14.6 Å². The van der Waals surface area contributed by atoms with Gasteiger partial charge in [0.15, 0.2) is 0 Å². The highest BCUT2D eigenvalue weighted by Gasteiger charge is 2.26. The highest BCUT2D eigenvalue weighted by molar-refractivity contribution is 5.26. The summed E-state index contributed by atoms with van der Waals surface area (Å²) in [6, 6.07) is 8.65. The number of aliphatic hydroxyl groups is 1. The highest BCUT2D eigenvalue weighted by Crippen LogP contribution is 2.18. The number of aryl methyl sites for hydroxylation is 1. The maximum atomic E-state index is 10.2. The lowest BCUT2D eigenvalue weighted by atomic mass is 10.0. The van der Waals surface area contributed by atoms with Gasteiger partial charge in [-0.1, -0.05) is 17.7 Å². The van der Waals surface area contributed by atoms with E-state index in [1.54, 1.807) is 0 Å². The molecule has 0 radical (unpaired) electrons. The predicted molar refractivity (Wildman–Crippen MR) is 94.5 cm³/mol. The van der Waals surface area contributed by atoms with Crippen LogP contribution in [0, 0.1) is 6.92 Å². The number of β-amino-alcohol motifs (C(OH)–C–C–N with tert-alkyl or cyclic N) is 1. The molecular formula is C19H30N2O3. The number of nitrogens with zero attached hydrogens (tertiary/aromatic N) is 2. The molecule has 5 nitrogen and oxygen atoms in total. The molecule has 134 valence electrons. The van der Waals surface area contributed by atoms with Gasteiger partial charge in [-0.2, -0.15) is 0 Å². The van der Waals surface area contributed by atoms with Gasteiger partial charge < -0.3 is 19.5 Å². The third-order valence-corrected chi connectivity index (χ3v) is 5.05. The first-order valence-corrected chi connectivity index (χ1v) is 9.12. The fourth-order valence-corrected chi connectivity index (χ4v) is 3.59. The minimum atomic E-state index is -0.439. The van der Waals surface area contributed by atoms with Crippen molar-refractivity contribution in [1.82, 2.24) is 9.80 Å². The second kappa shape index (κ2) is 8.81. The molecule has 0 aliphatic carbocycles. The Bertz CT molecular complexity index is 480. The molecular weight excluding hydrogens is 304 g/mol. The lowest BCUT2D eigenvalue weighted by molar-refractivity contribution is -0.00555. The fourth-order valence-electron chi connectivity index (χ4n) is 3.59. The number of morpholine rings is 1. The van der Waals surface area contributed by atoms with Crippen molar-refractivity contribution in [2.24, 2.45) is 0 Å². The molecule has 2 heterocycles. The lowest BCUT2D eigenvalue weighted by Gasteiger charge is -2.40. The summed E-state index contributed by atoms with van der Waals surface area (Å²) in [5.74, 6) is 0.825. The molecule has 1 aromatic carbocycles. The fraction of sp³-hybridized carbons (Fsp3) is 0.684. The number of hydrogen-bond acceptors (Lipinski definition) is 5. The van der Waals surface area contributed by atoms with Gasteiger partial charge in [-0.15, -0.1) is 0 Å². The molecule has 1 N–H and O–H groups in total. The first-order valence-electron chi connectivity index (χ1n) is 9.12. The van der Waals surface area contributed by atoms with Crippen molar-refractivity contribution in [3.8, 4) is 5.75 Å². The van der Waals surface area contributed by atoms with Gasteiger partial charge in [-0.05, 0) is 45.0 Å². The molecule has 2 aliphatic rings. The Morgan fingerprint density at radius 1 is 1.12 bits per heavy atom. The van der Waals surface area contributed by atoms with Crippen LogP contribution in [0.15, 0.2) is 24.3 Å². The van der Waals surface area contributed by atoms with E-state index in [4.69, 9.17) is 9.47 Å². The molecule has 0 bridgehead atoms. The molecule has 2 fully saturated rings. The van der Waals surface area contributed by atoms with Gasteiger partial charge in [-0.25, -0.2) is 0 Å². The van der Waals surface area contributed by atoms with Gasteiger partial charge in [0.05, 0.1) is 13.2 Å². The molecule has 0 saturated carbocycles. The van der Waals surface area contributed by atoms with Gasteiger partial charge in [-0.3, -0.25) is 4.90 Å². The Hall–Kier alpha value is -1.14. The van der Waals surface area contributed by atoms with Gasteiger partial charge >= 0.3 is 0 Å². The van der Waals surface area contributed by atoms with Crippen LogP contribution in [0.1, 0.15) is 18.4 Å². The van der Waals surface area contributed by atoms with Crippen LogP contribution >= 0.6 is 0 Å². The molecule has 2 saturated heterocycles. The Labute approximate surface area is 145 Å². The van der Waals surface area contributed by atoms with E-state index in [9.17, 15) is 5.11 Å². The van der Waals surface area contributed by atoms with E-state index in [0.717, 1.165) is 45.1 Å². The average molecular weight is 334 g/mol. The number of rotatable bonds is 6. The van der Waals surface area contributed by atoms with E-state index in [1.807, 2.05) is 24.3 Å². The van der Waals surface area contributed by atoms with Crippen molar-refractivity contribution in [3.63, 3.8) is 0 Å². The minimum Gasteiger partial charge on any atom is -0.491 e. The molecule has 0 aromatic heterocycles. The van der Waals surface area contributed by atoms with Crippen LogP contribution in [0.4, 0.5) is 0 Å². The van der Waals surface area contributed by atoms with Crippen molar-refractivity contribution >= 4 is 0 Å². The molecule has 2 aliphatic heterocycles. The Morgan fingerprint density at radius 2 is 1.79 bits per heavy atom. The van der Waals surface area contributed by atoms with Crippen LogP contribution in [0.5, 0.6) is 5.75 Å². The van der Waals surface area contributed by atoms with Crippen LogP contribution < -0.4 is 4.74 Å². The number of aliphatic hydroxyl groups excluding tert-OH is 1. The highest BCUT2D eigenvalue weighted by atomic mass is 16.5. The Kier molecular flexibility index (Phi) is 6.49. The summed E-state index contributed by atoms with van der Waals surface area (Å²) in [4.78, 5) is 4.93. The van der Waals surface area contributed by atoms with Gasteiger partial charge in [0, 0.05) is 25.7 Å². The van der Waals surface area contributed by atoms with Crippen LogP contribution in [-0.4, -0.2) is 79.6 Å². The Morgan fingerprint density at radius 3 is 2.46 bits per heavy atom. The molecule has 0 spiro atoms. The third-order valence-electron chi connectivity index (χ3n) is 5.05. The van der Waals surface area contributed by atoms with E-state index >= 15 is 0 Å². The van der Waals surface area contributed by atoms with E-state index in [2.05, 4.69) is 16.7 Å². The maximum Gasteiger partial charge on any atom is 0.119 e. The minimum absolute atomic E-state index is 0.354. The third kappa shape index (κ3) is 5.18. The van der Waals surface area contributed by atoms with E-state index in [-0.39, 0.29) is 0 Å². The number of hydrogen-bond donors (Lipinski definition) is 1.